The Bertz CT molecular complexity index is 1270. The Morgan fingerprint density at radius 2 is 1.49 bits per heavy atom. The molecule has 7 nitrogen and oxygen atoms in total. The highest BCUT2D eigenvalue weighted by molar-refractivity contribution is 7.89. The number of hydrogen-bond donors (Lipinski definition) is 3. The third kappa shape index (κ3) is 7.73. The fraction of sp³-hybridized carbons (Fsp3) is 0.231. The van der Waals surface area contributed by atoms with Gasteiger partial charge in [-0.25, -0.2) is 17.5 Å². The zero-order chi connectivity index (χ0) is 25.6. The molecule has 0 fully saturated rings. The number of hydrogen-bond acceptors (Lipinski definition) is 4. The molecule has 0 saturated heterocycles. The van der Waals surface area contributed by atoms with E-state index < -0.39 is 39.2 Å². The lowest BCUT2D eigenvalue weighted by molar-refractivity contribution is -0.118. The van der Waals surface area contributed by atoms with E-state index in [2.05, 4.69) is 15.4 Å². The van der Waals surface area contributed by atoms with Crippen molar-refractivity contribution in [2.45, 2.75) is 43.7 Å². The number of carbonyl (C=O) groups is 2. The Kier molecular flexibility index (Phi) is 8.03. The second-order valence-corrected chi connectivity index (χ2v) is 10.8. The first-order valence-corrected chi connectivity index (χ1v) is 12.5. The van der Waals surface area contributed by atoms with E-state index in [9.17, 15) is 22.4 Å². The highest BCUT2D eigenvalue weighted by atomic mass is 32.2. The number of anilines is 1. The van der Waals surface area contributed by atoms with E-state index >= 15 is 0 Å². The van der Waals surface area contributed by atoms with Crippen molar-refractivity contribution in [3.05, 3.63) is 95.8 Å². The average Bonchev–Trinajstić information content (AvgIpc) is 2.78. The predicted octanol–water partition coefficient (Wildman–Crippen LogP) is 3.88. The number of nitrogens with one attached hydrogen (secondary N) is 3. The highest BCUT2D eigenvalue weighted by Crippen LogP contribution is 2.17. The minimum absolute atomic E-state index is 0.0656. The van der Waals surface area contributed by atoms with Crippen LogP contribution in [-0.4, -0.2) is 31.8 Å². The van der Waals surface area contributed by atoms with Crippen LogP contribution in [0.2, 0.25) is 0 Å². The summed E-state index contributed by atoms with van der Waals surface area (Å²) in [6, 6.07) is 19.0. The van der Waals surface area contributed by atoms with Gasteiger partial charge in [0.25, 0.3) is 5.91 Å². The average molecular weight is 498 g/mol. The van der Waals surface area contributed by atoms with E-state index in [0.717, 1.165) is 5.56 Å². The zero-order valence-corrected chi connectivity index (χ0v) is 20.5. The topological polar surface area (TPSA) is 104 Å². The summed E-state index contributed by atoms with van der Waals surface area (Å²) < 4.78 is 40.8. The molecule has 1 atom stereocenters. The van der Waals surface area contributed by atoms with Gasteiger partial charge in [-0.3, -0.25) is 9.59 Å². The van der Waals surface area contributed by atoms with Gasteiger partial charge in [0.1, 0.15) is 11.9 Å². The number of halogens is 1. The lowest BCUT2D eigenvalue weighted by Gasteiger charge is -2.21. The molecule has 0 aliphatic heterocycles. The Labute approximate surface area is 204 Å². The van der Waals surface area contributed by atoms with Crippen LogP contribution in [0.3, 0.4) is 0 Å². The van der Waals surface area contributed by atoms with Crippen molar-refractivity contribution in [3.63, 3.8) is 0 Å². The maximum absolute atomic E-state index is 13.2. The van der Waals surface area contributed by atoms with Crippen LogP contribution in [0.25, 0.3) is 0 Å². The lowest BCUT2D eigenvalue weighted by Crippen LogP contribution is -2.45. The number of benzene rings is 3. The van der Waals surface area contributed by atoms with Crippen LogP contribution < -0.4 is 15.4 Å². The Morgan fingerprint density at radius 3 is 2.06 bits per heavy atom. The van der Waals surface area contributed by atoms with Gasteiger partial charge in [0.2, 0.25) is 15.9 Å². The molecular formula is C26H28FN3O4S. The predicted molar refractivity (Wildman–Crippen MR) is 133 cm³/mol. The van der Waals surface area contributed by atoms with Crippen molar-refractivity contribution in [2.75, 3.05) is 5.32 Å². The van der Waals surface area contributed by atoms with Gasteiger partial charge >= 0.3 is 0 Å². The molecule has 2 amide bonds. The van der Waals surface area contributed by atoms with Gasteiger partial charge in [0.15, 0.2) is 0 Å². The molecule has 0 heterocycles. The third-order valence-electron chi connectivity index (χ3n) is 4.88. The van der Waals surface area contributed by atoms with Gasteiger partial charge in [-0.2, -0.15) is 0 Å². The molecule has 0 spiro atoms. The molecule has 3 aromatic rings. The number of carbonyl (C=O) groups excluding carboxylic acids is 2. The summed E-state index contributed by atoms with van der Waals surface area (Å²) in [6.45, 7) is 5.23. The van der Waals surface area contributed by atoms with Crippen molar-refractivity contribution in [1.29, 1.82) is 0 Å². The maximum Gasteiger partial charge on any atom is 0.251 e. The van der Waals surface area contributed by atoms with Crippen molar-refractivity contribution in [3.8, 4) is 0 Å². The van der Waals surface area contributed by atoms with Gasteiger partial charge < -0.3 is 10.6 Å². The fourth-order valence-electron chi connectivity index (χ4n) is 3.31. The van der Waals surface area contributed by atoms with Crippen LogP contribution in [0.15, 0.2) is 83.8 Å². The zero-order valence-electron chi connectivity index (χ0n) is 19.7. The summed E-state index contributed by atoms with van der Waals surface area (Å²) in [4.78, 5) is 25.9. The smallest absolute Gasteiger partial charge is 0.251 e. The van der Waals surface area contributed by atoms with Gasteiger partial charge in [0.05, 0.1) is 4.90 Å². The minimum Gasteiger partial charge on any atom is -0.340 e. The van der Waals surface area contributed by atoms with Crippen molar-refractivity contribution in [1.82, 2.24) is 10.0 Å². The lowest BCUT2D eigenvalue weighted by atomic mass is 10.0. The quantitative estimate of drug-likeness (QED) is 0.439. The maximum atomic E-state index is 13.2. The van der Waals surface area contributed by atoms with E-state index in [4.69, 9.17) is 0 Å². The normalized spacial score (nSPS) is 12.6. The van der Waals surface area contributed by atoms with E-state index in [1.165, 1.54) is 48.5 Å². The summed E-state index contributed by atoms with van der Waals surface area (Å²) in [5.41, 5.74) is 0.790. The fourth-order valence-corrected chi connectivity index (χ4v) is 4.73. The summed E-state index contributed by atoms with van der Waals surface area (Å²) in [7, 11) is -3.72. The van der Waals surface area contributed by atoms with Crippen LogP contribution in [0.5, 0.6) is 0 Å². The van der Waals surface area contributed by atoms with Gasteiger partial charge in [-0.15, -0.1) is 0 Å². The summed E-state index contributed by atoms with van der Waals surface area (Å²) in [5, 5.41) is 5.43. The molecule has 3 N–H and O–H groups in total. The molecule has 184 valence electrons. The molecule has 0 bridgehead atoms. The highest BCUT2D eigenvalue weighted by Gasteiger charge is 2.24. The van der Waals surface area contributed by atoms with Crippen molar-refractivity contribution >= 4 is 27.5 Å². The van der Waals surface area contributed by atoms with Crippen molar-refractivity contribution in [2.24, 2.45) is 0 Å². The molecule has 0 saturated carbocycles. The summed E-state index contributed by atoms with van der Waals surface area (Å²) in [6.07, 6.45) is 0.224. The molecule has 1 unspecified atom stereocenters. The largest absolute Gasteiger partial charge is 0.340 e. The second kappa shape index (κ2) is 10.8. The van der Waals surface area contributed by atoms with Gasteiger partial charge in [-0.05, 0) is 74.9 Å². The Balaban J connectivity index is 1.77. The number of amides is 2. The molecule has 0 aliphatic carbocycles. The van der Waals surface area contributed by atoms with E-state index in [-0.39, 0.29) is 16.9 Å². The molecule has 35 heavy (non-hydrogen) atoms. The first-order chi connectivity index (χ1) is 16.4. The van der Waals surface area contributed by atoms with Crippen LogP contribution in [-0.2, 0) is 21.2 Å². The summed E-state index contributed by atoms with van der Waals surface area (Å²) in [5.74, 6) is -1.47. The van der Waals surface area contributed by atoms with Crippen LogP contribution >= 0.6 is 0 Å². The van der Waals surface area contributed by atoms with Crippen LogP contribution in [0.4, 0.5) is 10.1 Å². The minimum atomic E-state index is -3.72. The summed E-state index contributed by atoms with van der Waals surface area (Å²) >= 11 is 0. The number of sulfonamides is 1. The van der Waals surface area contributed by atoms with Crippen molar-refractivity contribution < 1.29 is 22.4 Å². The SMILES string of the molecule is CC(C)(C)NS(=O)(=O)c1ccc(NC(=O)C(Cc2ccccc2)NC(=O)c2ccc(F)cc2)cc1. The van der Waals surface area contributed by atoms with Gasteiger partial charge in [0, 0.05) is 23.2 Å². The molecule has 0 aromatic heterocycles. The molecule has 3 rings (SSSR count). The van der Waals surface area contributed by atoms with E-state index in [0.29, 0.717) is 5.69 Å². The Hall–Kier alpha value is -3.56. The number of rotatable bonds is 8. The van der Waals surface area contributed by atoms with Gasteiger partial charge in [-0.1, -0.05) is 30.3 Å². The monoisotopic (exact) mass is 497 g/mol. The van der Waals surface area contributed by atoms with Crippen LogP contribution in [0.1, 0.15) is 36.7 Å². The second-order valence-electron chi connectivity index (χ2n) is 9.09. The molecule has 3 aromatic carbocycles. The third-order valence-corrected chi connectivity index (χ3v) is 6.66. The van der Waals surface area contributed by atoms with Crippen LogP contribution in [0, 0.1) is 5.82 Å². The molecular weight excluding hydrogens is 469 g/mol. The standard InChI is InChI=1S/C26H28FN3O4S/c1-26(2,3)30-35(33,34)22-15-13-21(14-16-22)28-25(32)23(17-18-7-5-4-6-8-18)29-24(31)19-9-11-20(27)12-10-19/h4-16,23,30H,17H2,1-3H3,(H,28,32)(H,29,31). The first-order valence-electron chi connectivity index (χ1n) is 11.0. The molecule has 0 radical (unpaired) electrons. The molecule has 0 aliphatic rings. The van der Waals surface area contributed by atoms with E-state index in [1.807, 2.05) is 30.3 Å². The molecule has 9 heteroatoms. The van der Waals surface area contributed by atoms with E-state index in [1.54, 1.807) is 20.8 Å². The first kappa shape index (κ1) is 26.1. The Morgan fingerprint density at radius 1 is 0.886 bits per heavy atom.